The second kappa shape index (κ2) is 9.54. The molecule has 0 aromatic rings. The second-order valence-electron chi connectivity index (χ2n) is 5.83. The first-order valence-corrected chi connectivity index (χ1v) is 6.71. The van der Waals surface area contributed by atoms with Gasteiger partial charge in [0, 0.05) is 6.54 Å². The number of aliphatic hydroxyl groups excluding tert-OH is 2. The van der Waals surface area contributed by atoms with Crippen LogP contribution in [-0.2, 0) is 14.3 Å². The van der Waals surface area contributed by atoms with E-state index in [0.717, 1.165) is 0 Å². The summed E-state index contributed by atoms with van der Waals surface area (Å²) in [5, 5.41) is 29.4. The number of carboxylic acids is 1. The van der Waals surface area contributed by atoms with Crippen molar-refractivity contribution in [3.63, 3.8) is 0 Å². The number of ether oxygens (including phenoxy) is 2. The minimum Gasteiger partial charge on any atom is -0.481 e. The second-order valence-corrected chi connectivity index (χ2v) is 5.83. The zero-order chi connectivity index (χ0) is 16.5. The molecule has 0 aromatic heterocycles. The zero-order valence-electron chi connectivity index (χ0n) is 12.7. The number of carbonyl (C=O) groups is 2. The quantitative estimate of drug-likeness (QED) is 0.452. The Bertz CT molecular complexity index is 327. The highest BCUT2D eigenvalue weighted by atomic mass is 16.6. The van der Waals surface area contributed by atoms with Crippen molar-refractivity contribution in [1.29, 1.82) is 0 Å². The molecule has 0 fully saturated rings. The maximum absolute atomic E-state index is 11.2. The number of aliphatic carboxylic acids is 1. The third-order valence-electron chi connectivity index (χ3n) is 2.36. The Morgan fingerprint density at radius 3 is 2.38 bits per heavy atom. The summed E-state index contributed by atoms with van der Waals surface area (Å²) in [4.78, 5) is 21.4. The molecule has 0 aromatic carbocycles. The highest BCUT2D eigenvalue weighted by Crippen LogP contribution is 2.22. The van der Waals surface area contributed by atoms with Crippen LogP contribution in [0, 0.1) is 5.41 Å². The number of hydrogen-bond acceptors (Lipinski definition) is 6. The SMILES string of the molecule is CC(C)(C)CC(CO)OC(O)COC(=O)NCCC(=O)O. The fraction of sp³-hybridized carbons (Fsp3) is 0.846. The van der Waals surface area contributed by atoms with Gasteiger partial charge in [-0.25, -0.2) is 4.79 Å². The van der Waals surface area contributed by atoms with Crippen LogP contribution in [0.4, 0.5) is 4.79 Å². The molecule has 0 saturated carbocycles. The van der Waals surface area contributed by atoms with Gasteiger partial charge in [-0.1, -0.05) is 20.8 Å². The van der Waals surface area contributed by atoms with Crippen molar-refractivity contribution in [2.24, 2.45) is 5.41 Å². The van der Waals surface area contributed by atoms with Crippen molar-refractivity contribution >= 4 is 12.1 Å². The van der Waals surface area contributed by atoms with Gasteiger partial charge in [-0.05, 0) is 11.8 Å². The van der Waals surface area contributed by atoms with Crippen molar-refractivity contribution in [3.8, 4) is 0 Å². The van der Waals surface area contributed by atoms with E-state index in [0.29, 0.717) is 6.42 Å². The molecule has 0 rings (SSSR count). The van der Waals surface area contributed by atoms with Crippen molar-refractivity contribution in [3.05, 3.63) is 0 Å². The monoisotopic (exact) mass is 307 g/mol. The standard InChI is InChI=1S/C13H25NO7/c1-13(2,3)6-9(7-15)21-11(18)8-20-12(19)14-5-4-10(16)17/h9,11,15,18H,4-8H2,1-3H3,(H,14,19)(H,16,17). The molecule has 0 saturated heterocycles. The largest absolute Gasteiger partial charge is 0.481 e. The van der Waals surface area contributed by atoms with Gasteiger partial charge in [0.05, 0.1) is 19.1 Å². The van der Waals surface area contributed by atoms with Crippen molar-refractivity contribution in [2.45, 2.75) is 46.0 Å². The molecule has 0 radical (unpaired) electrons. The van der Waals surface area contributed by atoms with Crippen LogP contribution in [0.15, 0.2) is 0 Å². The van der Waals surface area contributed by atoms with Gasteiger partial charge in [0.15, 0.2) is 6.29 Å². The molecule has 2 unspecified atom stereocenters. The van der Waals surface area contributed by atoms with Crippen LogP contribution in [0.1, 0.15) is 33.6 Å². The maximum Gasteiger partial charge on any atom is 0.407 e. The first-order valence-electron chi connectivity index (χ1n) is 6.71. The number of amides is 1. The lowest BCUT2D eigenvalue weighted by molar-refractivity contribution is -0.171. The minimum absolute atomic E-state index is 0.0611. The zero-order valence-corrected chi connectivity index (χ0v) is 12.7. The van der Waals surface area contributed by atoms with Crippen LogP contribution in [0.5, 0.6) is 0 Å². The Morgan fingerprint density at radius 1 is 1.29 bits per heavy atom. The first kappa shape index (κ1) is 19.6. The van der Waals surface area contributed by atoms with Gasteiger partial charge in [-0.15, -0.1) is 0 Å². The van der Waals surface area contributed by atoms with E-state index in [1.807, 2.05) is 20.8 Å². The summed E-state index contributed by atoms with van der Waals surface area (Å²) in [5.41, 5.74) is -0.0812. The summed E-state index contributed by atoms with van der Waals surface area (Å²) in [5.74, 6) is -1.04. The summed E-state index contributed by atoms with van der Waals surface area (Å²) < 4.78 is 9.84. The van der Waals surface area contributed by atoms with Gasteiger partial charge in [0.25, 0.3) is 0 Å². The summed E-state index contributed by atoms with van der Waals surface area (Å²) >= 11 is 0. The lowest BCUT2D eigenvalue weighted by Gasteiger charge is -2.26. The molecule has 0 heterocycles. The van der Waals surface area contributed by atoms with Crippen LogP contribution in [0.2, 0.25) is 0 Å². The van der Waals surface area contributed by atoms with E-state index in [1.54, 1.807) is 0 Å². The first-order chi connectivity index (χ1) is 9.64. The van der Waals surface area contributed by atoms with E-state index in [2.05, 4.69) is 10.1 Å². The fourth-order valence-electron chi connectivity index (χ4n) is 1.57. The Balaban J connectivity index is 3.94. The Labute approximate surface area is 124 Å². The smallest absolute Gasteiger partial charge is 0.407 e. The number of hydrogen-bond donors (Lipinski definition) is 4. The topological polar surface area (TPSA) is 125 Å². The highest BCUT2D eigenvalue weighted by Gasteiger charge is 2.22. The van der Waals surface area contributed by atoms with E-state index < -0.39 is 31.1 Å². The molecule has 2 atom stereocenters. The summed E-state index contributed by atoms with van der Waals surface area (Å²) in [7, 11) is 0. The van der Waals surface area contributed by atoms with Crippen molar-refractivity contribution in [1.82, 2.24) is 5.32 Å². The van der Waals surface area contributed by atoms with Crippen LogP contribution in [0.25, 0.3) is 0 Å². The summed E-state index contributed by atoms with van der Waals surface area (Å²) in [6, 6.07) is 0. The highest BCUT2D eigenvalue weighted by molar-refractivity contribution is 5.70. The Hall–Kier alpha value is -1.38. The van der Waals surface area contributed by atoms with Gasteiger partial charge in [-0.2, -0.15) is 0 Å². The third-order valence-corrected chi connectivity index (χ3v) is 2.36. The number of carbonyl (C=O) groups excluding carboxylic acids is 1. The van der Waals surface area contributed by atoms with E-state index in [-0.39, 0.29) is 25.0 Å². The third kappa shape index (κ3) is 12.1. The summed E-state index contributed by atoms with van der Waals surface area (Å²) in [6.45, 7) is 5.19. The Morgan fingerprint density at radius 2 is 1.90 bits per heavy atom. The number of carboxylic acid groups (broad SMARTS) is 1. The van der Waals surface area contributed by atoms with Gasteiger partial charge in [0.2, 0.25) is 0 Å². The molecule has 1 amide bonds. The molecular formula is C13H25NO7. The van der Waals surface area contributed by atoms with Gasteiger partial charge in [0.1, 0.15) is 6.61 Å². The van der Waals surface area contributed by atoms with E-state index in [1.165, 1.54) is 0 Å². The molecule has 0 aliphatic rings. The van der Waals surface area contributed by atoms with Gasteiger partial charge >= 0.3 is 12.1 Å². The average Bonchev–Trinajstić information content (AvgIpc) is 2.33. The lowest BCUT2D eigenvalue weighted by Crippen LogP contribution is -2.34. The molecule has 8 heteroatoms. The van der Waals surface area contributed by atoms with E-state index >= 15 is 0 Å². The van der Waals surface area contributed by atoms with Crippen LogP contribution < -0.4 is 5.32 Å². The molecule has 8 nitrogen and oxygen atoms in total. The average molecular weight is 307 g/mol. The van der Waals surface area contributed by atoms with E-state index in [9.17, 15) is 19.8 Å². The number of nitrogens with one attached hydrogen (secondary N) is 1. The normalized spacial score (nSPS) is 14.3. The van der Waals surface area contributed by atoms with Gasteiger partial charge < -0.3 is 30.1 Å². The number of aliphatic hydroxyl groups is 2. The summed E-state index contributed by atoms with van der Waals surface area (Å²) in [6.07, 6.45) is -2.43. The molecule has 0 bridgehead atoms. The van der Waals surface area contributed by atoms with Crippen LogP contribution in [0.3, 0.4) is 0 Å². The molecular weight excluding hydrogens is 282 g/mol. The Kier molecular flexibility index (Phi) is 8.91. The maximum atomic E-state index is 11.2. The van der Waals surface area contributed by atoms with Crippen LogP contribution in [-0.4, -0.2) is 59.5 Å². The van der Waals surface area contributed by atoms with Gasteiger partial charge in [-0.3, -0.25) is 4.79 Å². The predicted molar refractivity (Wildman–Crippen MR) is 73.6 cm³/mol. The van der Waals surface area contributed by atoms with Crippen LogP contribution >= 0.6 is 0 Å². The number of rotatable bonds is 9. The number of alkyl carbamates (subject to hydrolysis) is 1. The minimum atomic E-state index is -1.35. The molecule has 0 aliphatic heterocycles. The predicted octanol–water partition coefficient (Wildman–Crippen LogP) is 0.319. The van der Waals surface area contributed by atoms with Crippen molar-refractivity contribution < 1.29 is 34.4 Å². The lowest BCUT2D eigenvalue weighted by atomic mass is 9.89. The van der Waals surface area contributed by atoms with E-state index in [4.69, 9.17) is 9.84 Å². The molecule has 21 heavy (non-hydrogen) atoms. The molecule has 124 valence electrons. The molecule has 0 spiro atoms. The molecule has 4 N–H and O–H groups in total. The van der Waals surface area contributed by atoms with Crippen molar-refractivity contribution in [2.75, 3.05) is 19.8 Å². The fourth-order valence-corrected chi connectivity index (χ4v) is 1.57. The molecule has 0 aliphatic carbocycles.